The van der Waals surface area contributed by atoms with Crippen LogP contribution in [0.1, 0.15) is 264 Å². The molecular formula is C68H122N2O6P+. The van der Waals surface area contributed by atoms with E-state index in [9.17, 15) is 19.4 Å². The van der Waals surface area contributed by atoms with Crippen molar-refractivity contribution in [3.63, 3.8) is 0 Å². The lowest BCUT2D eigenvalue weighted by molar-refractivity contribution is -0.870. The Labute approximate surface area is 476 Å². The Hall–Kier alpha value is -2.84. The molecule has 0 aliphatic rings. The van der Waals surface area contributed by atoms with E-state index in [1.54, 1.807) is 0 Å². The number of quaternary nitrogens is 1. The van der Waals surface area contributed by atoms with Gasteiger partial charge in [-0.25, -0.2) is 4.57 Å². The summed E-state index contributed by atoms with van der Waals surface area (Å²) in [5.74, 6) is -0.165. The van der Waals surface area contributed by atoms with Crippen LogP contribution in [0.2, 0.25) is 0 Å². The van der Waals surface area contributed by atoms with Crippen molar-refractivity contribution in [1.29, 1.82) is 0 Å². The highest BCUT2D eigenvalue weighted by molar-refractivity contribution is 7.47. The number of phosphoric ester groups is 1. The van der Waals surface area contributed by atoms with Gasteiger partial charge in [0.2, 0.25) is 5.91 Å². The minimum absolute atomic E-state index is 0.0652. The van der Waals surface area contributed by atoms with E-state index in [-0.39, 0.29) is 19.1 Å². The molecule has 0 aromatic heterocycles. The molecule has 0 saturated heterocycles. The average Bonchev–Trinajstić information content (AvgIpc) is 3.39. The van der Waals surface area contributed by atoms with Crippen LogP contribution in [-0.2, 0) is 18.4 Å². The van der Waals surface area contributed by atoms with E-state index in [1.165, 1.54) is 122 Å². The minimum Gasteiger partial charge on any atom is -0.391 e. The molecule has 0 radical (unpaired) electrons. The monoisotopic (exact) mass is 1090 g/mol. The number of amides is 1. The standard InChI is InChI=1S/C68H121N2O6P/c1-6-8-10-12-14-16-18-20-22-24-26-28-30-31-32-33-34-35-36-37-38-39-40-42-44-46-48-50-52-54-56-58-60-62-68(72)69-66(65-76-77(73,74)75-64-63-70(3,4)5)67(71)61-59-57-55-53-51-49-47-45-43-41-29-27-25-23-21-19-17-15-13-11-9-7-2/h8,10,14,16,20,22,26,28,31-32,34-35,37-38,40,42,46,48,66-67,71H,6-7,9,11-13,15,17-19,21,23-25,27,29-30,33,36,39,41,43-45,47,49-65H2,1-5H3,(H-,69,72,73,74)/p+1/b10-8-,16-14-,22-20-,28-26-,32-31-,35-34-,38-37-,42-40-,48-46-. The zero-order chi connectivity index (χ0) is 56.3. The molecule has 3 unspecified atom stereocenters. The summed E-state index contributed by atoms with van der Waals surface area (Å²) in [6, 6.07) is -0.781. The fraction of sp³-hybridized carbons (Fsp3) is 0.721. The van der Waals surface area contributed by atoms with Gasteiger partial charge < -0.3 is 19.8 Å². The van der Waals surface area contributed by atoms with Crippen LogP contribution in [0, 0.1) is 0 Å². The Bertz CT molecular complexity index is 1620. The van der Waals surface area contributed by atoms with E-state index >= 15 is 0 Å². The topological polar surface area (TPSA) is 105 Å². The molecule has 0 aromatic rings. The number of likely N-dealkylation sites (N-methyl/N-ethyl adjacent to an activating group) is 1. The summed E-state index contributed by atoms with van der Waals surface area (Å²) in [5, 5.41) is 14.1. The molecule has 444 valence electrons. The third kappa shape index (κ3) is 60.6. The fourth-order valence-electron chi connectivity index (χ4n) is 8.86. The van der Waals surface area contributed by atoms with Crippen molar-refractivity contribution >= 4 is 13.7 Å². The molecule has 9 heteroatoms. The Kier molecular flexibility index (Phi) is 55.7. The van der Waals surface area contributed by atoms with Crippen LogP contribution in [0.25, 0.3) is 0 Å². The number of phosphoric acid groups is 1. The van der Waals surface area contributed by atoms with E-state index < -0.39 is 20.0 Å². The molecule has 0 heterocycles. The second-order valence-corrected chi connectivity index (χ2v) is 23.9. The molecule has 0 aromatic carbocycles. The van der Waals surface area contributed by atoms with Crippen molar-refractivity contribution in [2.75, 3.05) is 40.9 Å². The van der Waals surface area contributed by atoms with Gasteiger partial charge in [0, 0.05) is 6.42 Å². The van der Waals surface area contributed by atoms with Crippen molar-refractivity contribution in [1.82, 2.24) is 5.32 Å². The number of allylic oxidation sites excluding steroid dienone is 18. The van der Waals surface area contributed by atoms with Gasteiger partial charge in [-0.1, -0.05) is 284 Å². The minimum atomic E-state index is -4.34. The number of rotatable bonds is 57. The number of aliphatic hydroxyl groups is 1. The highest BCUT2D eigenvalue weighted by atomic mass is 31.2. The van der Waals surface area contributed by atoms with Gasteiger partial charge in [0.25, 0.3) is 0 Å². The zero-order valence-corrected chi connectivity index (χ0v) is 51.6. The summed E-state index contributed by atoms with van der Waals surface area (Å²) in [6.45, 7) is 4.77. The lowest BCUT2D eigenvalue weighted by Gasteiger charge is -2.26. The molecule has 0 rings (SSSR count). The van der Waals surface area contributed by atoms with E-state index in [1.807, 2.05) is 21.1 Å². The second-order valence-electron chi connectivity index (χ2n) is 22.4. The van der Waals surface area contributed by atoms with Gasteiger partial charge in [-0.3, -0.25) is 13.8 Å². The Balaban J connectivity index is 4.21. The molecule has 0 bridgehead atoms. The number of hydrogen-bond donors (Lipinski definition) is 3. The molecule has 8 nitrogen and oxygen atoms in total. The average molecular weight is 1090 g/mol. The summed E-state index contributed by atoms with van der Waals surface area (Å²) >= 11 is 0. The fourth-order valence-corrected chi connectivity index (χ4v) is 9.60. The number of carbonyl (C=O) groups is 1. The van der Waals surface area contributed by atoms with Gasteiger partial charge in [0.1, 0.15) is 13.2 Å². The van der Waals surface area contributed by atoms with Crippen LogP contribution in [0.5, 0.6) is 0 Å². The van der Waals surface area contributed by atoms with Crippen molar-refractivity contribution in [3.8, 4) is 0 Å². The van der Waals surface area contributed by atoms with Crippen LogP contribution in [0.15, 0.2) is 109 Å². The molecule has 0 aliphatic carbocycles. The number of carbonyl (C=O) groups excluding carboxylic acids is 1. The van der Waals surface area contributed by atoms with Gasteiger partial charge in [0.05, 0.1) is 39.9 Å². The van der Waals surface area contributed by atoms with Crippen LogP contribution in [0.4, 0.5) is 0 Å². The van der Waals surface area contributed by atoms with E-state index in [0.29, 0.717) is 23.9 Å². The predicted octanol–water partition coefficient (Wildman–Crippen LogP) is 19.9. The number of hydrogen-bond acceptors (Lipinski definition) is 5. The van der Waals surface area contributed by atoms with Crippen LogP contribution < -0.4 is 5.32 Å². The van der Waals surface area contributed by atoms with Crippen molar-refractivity contribution in [2.24, 2.45) is 0 Å². The highest BCUT2D eigenvalue weighted by Gasteiger charge is 2.28. The van der Waals surface area contributed by atoms with Gasteiger partial charge >= 0.3 is 7.82 Å². The maximum absolute atomic E-state index is 13.0. The Morgan fingerprint density at radius 1 is 0.455 bits per heavy atom. The summed E-state index contributed by atoms with van der Waals surface area (Å²) in [5.41, 5.74) is 0. The number of nitrogens with zero attached hydrogens (tertiary/aromatic N) is 1. The SMILES string of the molecule is CC/C=C\C/C=C\C/C=C\C/C=C\C/C=C\C/C=C\C/C=C\C/C=C\C/C=C\CCCCCCCC(=O)NC(COP(=O)(O)OCC[N+](C)(C)C)C(O)CCCCCCCCCCCCCCCCCCCCCCCC. The maximum atomic E-state index is 13.0. The van der Waals surface area contributed by atoms with E-state index in [4.69, 9.17) is 9.05 Å². The molecule has 0 aliphatic heterocycles. The van der Waals surface area contributed by atoms with Crippen LogP contribution >= 0.6 is 7.82 Å². The molecule has 0 saturated carbocycles. The number of aliphatic hydroxyl groups excluding tert-OH is 1. The van der Waals surface area contributed by atoms with E-state index in [0.717, 1.165) is 116 Å². The first kappa shape index (κ1) is 74.2. The van der Waals surface area contributed by atoms with Gasteiger partial charge in [-0.05, 0) is 83.5 Å². The van der Waals surface area contributed by atoms with Crippen LogP contribution in [-0.4, -0.2) is 73.4 Å². The predicted molar refractivity (Wildman–Crippen MR) is 336 cm³/mol. The van der Waals surface area contributed by atoms with Crippen molar-refractivity contribution in [3.05, 3.63) is 109 Å². The third-order valence-corrected chi connectivity index (χ3v) is 14.8. The lowest BCUT2D eigenvalue weighted by Crippen LogP contribution is -2.46. The molecule has 0 fully saturated rings. The third-order valence-electron chi connectivity index (χ3n) is 13.8. The van der Waals surface area contributed by atoms with Gasteiger partial charge in [-0.2, -0.15) is 0 Å². The largest absolute Gasteiger partial charge is 0.472 e. The smallest absolute Gasteiger partial charge is 0.391 e. The highest BCUT2D eigenvalue weighted by Crippen LogP contribution is 2.43. The molecule has 1 amide bonds. The summed E-state index contributed by atoms with van der Waals surface area (Å²) < 4.78 is 23.8. The number of nitrogens with one attached hydrogen (secondary N) is 1. The Morgan fingerprint density at radius 3 is 1.14 bits per heavy atom. The number of unbranched alkanes of at least 4 members (excludes halogenated alkanes) is 26. The van der Waals surface area contributed by atoms with Crippen molar-refractivity contribution in [2.45, 2.75) is 276 Å². The Morgan fingerprint density at radius 2 is 0.779 bits per heavy atom. The molecule has 0 spiro atoms. The quantitative estimate of drug-likeness (QED) is 0.0243. The first-order valence-corrected chi connectivity index (χ1v) is 33.2. The zero-order valence-electron chi connectivity index (χ0n) is 50.7. The maximum Gasteiger partial charge on any atom is 0.472 e. The first-order chi connectivity index (χ1) is 37.5. The second kappa shape index (κ2) is 57.8. The molecule has 3 atom stereocenters. The van der Waals surface area contributed by atoms with Gasteiger partial charge in [-0.15, -0.1) is 0 Å². The normalized spacial score (nSPS) is 14.5. The van der Waals surface area contributed by atoms with Gasteiger partial charge in [0.15, 0.2) is 0 Å². The summed E-state index contributed by atoms with van der Waals surface area (Å²) in [7, 11) is 1.59. The van der Waals surface area contributed by atoms with Crippen molar-refractivity contribution < 1.29 is 32.9 Å². The van der Waals surface area contributed by atoms with E-state index in [2.05, 4.69) is 129 Å². The molecule has 3 N–H and O–H groups in total. The molecular weight excluding hydrogens is 972 g/mol. The lowest BCUT2D eigenvalue weighted by atomic mass is 10.0. The molecule has 77 heavy (non-hydrogen) atoms. The van der Waals surface area contributed by atoms with Crippen LogP contribution in [0.3, 0.4) is 0 Å². The summed E-state index contributed by atoms with van der Waals surface area (Å²) in [6.07, 6.45) is 84.4. The first-order valence-electron chi connectivity index (χ1n) is 31.8. The summed E-state index contributed by atoms with van der Waals surface area (Å²) in [4.78, 5) is 23.4.